The summed E-state index contributed by atoms with van der Waals surface area (Å²) in [5.41, 5.74) is 2.16. The number of hydrogen-bond acceptors (Lipinski definition) is 9. The minimum Gasteiger partial charge on any atom is -0.494 e. The molecule has 0 bridgehead atoms. The van der Waals surface area contributed by atoms with Gasteiger partial charge < -0.3 is 34.8 Å². The van der Waals surface area contributed by atoms with Gasteiger partial charge in [-0.25, -0.2) is 9.78 Å². The van der Waals surface area contributed by atoms with Gasteiger partial charge in [0.05, 0.1) is 30.7 Å². The Morgan fingerprint density at radius 2 is 1.87 bits per heavy atom. The maximum absolute atomic E-state index is 13.7. The molecule has 250 valence electrons. The molecule has 0 aliphatic carbocycles. The lowest BCUT2D eigenvalue weighted by molar-refractivity contribution is -0.172. The maximum Gasteiger partial charge on any atom is 0.408 e. The number of carbonyl (C=O) groups excluding carboxylic acids is 2. The monoisotopic (exact) mass is 646 g/mol. The van der Waals surface area contributed by atoms with E-state index in [-0.39, 0.29) is 24.2 Å². The molecule has 15 heteroatoms. The SMILES string of the molecule is C=CC(=O)Nc1cc(Nc2ncc3c(n2)N(C2CCOCC2)C(=O)N([C@@H](C)C(F)(F)F)C3)c(OC)cc1N1CCC(N(C)C)CC1. The highest BCUT2D eigenvalue weighted by molar-refractivity contribution is 6.02. The summed E-state index contributed by atoms with van der Waals surface area (Å²) in [7, 11) is 5.67. The van der Waals surface area contributed by atoms with Gasteiger partial charge in [0.15, 0.2) is 0 Å². The van der Waals surface area contributed by atoms with Crippen LogP contribution in [0.15, 0.2) is 31.0 Å². The van der Waals surface area contributed by atoms with E-state index in [1.807, 2.05) is 6.07 Å². The number of alkyl halides is 3. The number of piperidine rings is 1. The number of rotatable bonds is 9. The van der Waals surface area contributed by atoms with E-state index in [1.165, 1.54) is 24.3 Å². The number of amides is 3. The summed E-state index contributed by atoms with van der Waals surface area (Å²) in [6, 6.07) is 0.881. The minimum atomic E-state index is -4.60. The molecule has 2 fully saturated rings. The predicted octanol–water partition coefficient (Wildman–Crippen LogP) is 4.76. The van der Waals surface area contributed by atoms with Crippen LogP contribution in [-0.2, 0) is 16.1 Å². The molecule has 12 nitrogen and oxygen atoms in total. The molecule has 1 atom stereocenters. The number of fused-ring (bicyclic) bond motifs is 1. The normalized spacial score (nSPS) is 18.8. The summed E-state index contributed by atoms with van der Waals surface area (Å²) in [6.45, 7) is 6.59. The predicted molar refractivity (Wildman–Crippen MR) is 169 cm³/mol. The summed E-state index contributed by atoms with van der Waals surface area (Å²) in [6.07, 6.45) is 0.857. The summed E-state index contributed by atoms with van der Waals surface area (Å²) in [5, 5.41) is 6.04. The zero-order valence-electron chi connectivity index (χ0n) is 26.6. The van der Waals surface area contributed by atoms with Crippen molar-refractivity contribution in [3.8, 4) is 5.75 Å². The third kappa shape index (κ3) is 6.99. The van der Waals surface area contributed by atoms with Gasteiger partial charge in [0.2, 0.25) is 11.9 Å². The molecule has 3 aliphatic rings. The Labute approximate surface area is 266 Å². The first-order valence-electron chi connectivity index (χ1n) is 15.3. The summed E-state index contributed by atoms with van der Waals surface area (Å²) < 4.78 is 52.4. The van der Waals surface area contributed by atoms with E-state index in [0.29, 0.717) is 54.8 Å². The van der Waals surface area contributed by atoms with Crippen LogP contribution in [0.25, 0.3) is 0 Å². The van der Waals surface area contributed by atoms with E-state index in [4.69, 9.17) is 9.47 Å². The number of benzene rings is 1. The van der Waals surface area contributed by atoms with Crippen LogP contribution < -0.4 is 25.2 Å². The number of halogens is 3. The van der Waals surface area contributed by atoms with E-state index in [0.717, 1.165) is 43.4 Å². The van der Waals surface area contributed by atoms with Crippen LogP contribution in [0.1, 0.15) is 38.2 Å². The molecule has 1 aromatic heterocycles. The third-order valence-electron chi connectivity index (χ3n) is 8.90. The smallest absolute Gasteiger partial charge is 0.408 e. The maximum atomic E-state index is 13.7. The Kier molecular flexibility index (Phi) is 9.91. The van der Waals surface area contributed by atoms with E-state index in [9.17, 15) is 22.8 Å². The van der Waals surface area contributed by atoms with Crippen molar-refractivity contribution in [2.45, 2.75) is 63.5 Å². The van der Waals surface area contributed by atoms with Crippen LogP contribution in [-0.4, -0.2) is 104 Å². The Morgan fingerprint density at radius 1 is 1.17 bits per heavy atom. The second kappa shape index (κ2) is 13.7. The largest absolute Gasteiger partial charge is 0.494 e. The number of ether oxygens (including phenoxy) is 2. The highest BCUT2D eigenvalue weighted by Gasteiger charge is 2.47. The van der Waals surface area contributed by atoms with Crippen LogP contribution in [0.2, 0.25) is 0 Å². The summed E-state index contributed by atoms with van der Waals surface area (Å²) in [4.78, 5) is 41.7. The fraction of sp³-hybridized carbons (Fsp3) is 0.548. The number of anilines is 5. The van der Waals surface area contributed by atoms with Gasteiger partial charge in [0, 0.05) is 56.2 Å². The molecule has 3 amide bonds. The quantitative estimate of drug-likeness (QED) is 0.373. The molecule has 46 heavy (non-hydrogen) atoms. The van der Waals surface area contributed by atoms with Gasteiger partial charge in [0.1, 0.15) is 17.6 Å². The van der Waals surface area contributed by atoms with Gasteiger partial charge in [-0.1, -0.05) is 6.58 Å². The molecule has 2 saturated heterocycles. The first-order chi connectivity index (χ1) is 21.9. The van der Waals surface area contributed by atoms with Crippen molar-refractivity contribution in [2.24, 2.45) is 0 Å². The van der Waals surface area contributed by atoms with Gasteiger partial charge in [-0.3, -0.25) is 9.69 Å². The standard InChI is InChI=1S/C31H41F3N8O4/c1-6-27(43)36-23-15-24(26(45-5)16-25(23)40-11-7-21(8-12-40)39(3)4)37-29-35-17-20-18-41(19(2)31(32,33)34)30(44)42(28(20)38-29)22-9-13-46-14-10-22/h6,15-17,19,21-22H,1,7-14,18H2,2-5H3,(H,36,43)(H,35,37,38)/t19-/m0/s1. The molecule has 0 spiro atoms. The lowest BCUT2D eigenvalue weighted by Gasteiger charge is -2.43. The highest BCUT2D eigenvalue weighted by Crippen LogP contribution is 2.41. The number of methoxy groups -OCH3 is 1. The average Bonchev–Trinajstić information content (AvgIpc) is 3.04. The fourth-order valence-electron chi connectivity index (χ4n) is 6.13. The lowest BCUT2D eigenvalue weighted by Crippen LogP contribution is -2.58. The number of hydrogen-bond donors (Lipinski definition) is 2. The molecule has 2 aromatic rings. The van der Waals surface area contributed by atoms with Gasteiger partial charge in [-0.2, -0.15) is 18.2 Å². The van der Waals surface area contributed by atoms with Gasteiger partial charge in [0.25, 0.3) is 0 Å². The fourth-order valence-corrected chi connectivity index (χ4v) is 6.13. The minimum absolute atomic E-state index is 0.111. The molecular formula is C31H41F3N8O4. The van der Waals surface area contributed by atoms with Gasteiger partial charge in [-0.05, 0) is 58.8 Å². The van der Waals surface area contributed by atoms with Crippen LogP contribution >= 0.6 is 0 Å². The van der Waals surface area contributed by atoms with Crippen LogP contribution in [0.3, 0.4) is 0 Å². The van der Waals surface area contributed by atoms with Gasteiger partial charge in [-0.15, -0.1) is 0 Å². The van der Waals surface area contributed by atoms with Crippen LogP contribution in [0.4, 0.5) is 46.8 Å². The molecular weight excluding hydrogens is 605 g/mol. The first kappa shape index (κ1) is 33.3. The topological polar surface area (TPSA) is 115 Å². The number of carbonyl (C=O) groups is 2. The Bertz CT molecular complexity index is 1440. The average molecular weight is 647 g/mol. The number of urea groups is 1. The molecule has 0 saturated carbocycles. The number of nitrogens with one attached hydrogen (secondary N) is 2. The molecule has 0 unspecified atom stereocenters. The van der Waals surface area contributed by atoms with Crippen molar-refractivity contribution in [1.82, 2.24) is 19.8 Å². The van der Waals surface area contributed by atoms with E-state index < -0.39 is 24.3 Å². The van der Waals surface area contributed by atoms with Crippen molar-refractivity contribution >= 4 is 40.8 Å². The van der Waals surface area contributed by atoms with E-state index in [1.54, 1.807) is 6.07 Å². The van der Waals surface area contributed by atoms with E-state index >= 15 is 0 Å². The lowest BCUT2D eigenvalue weighted by atomic mass is 10.0. The van der Waals surface area contributed by atoms with Crippen molar-refractivity contribution in [3.63, 3.8) is 0 Å². The molecule has 2 N–H and O–H groups in total. The highest BCUT2D eigenvalue weighted by atomic mass is 19.4. The van der Waals surface area contributed by atoms with Crippen LogP contribution in [0, 0.1) is 0 Å². The summed E-state index contributed by atoms with van der Waals surface area (Å²) in [5.74, 6) is 0.443. The Balaban J connectivity index is 1.49. The molecule has 4 heterocycles. The second-order valence-electron chi connectivity index (χ2n) is 12.0. The molecule has 0 radical (unpaired) electrons. The van der Waals surface area contributed by atoms with E-state index in [2.05, 4.69) is 51.1 Å². The van der Waals surface area contributed by atoms with Crippen LogP contribution in [0.5, 0.6) is 5.75 Å². The Morgan fingerprint density at radius 3 is 2.48 bits per heavy atom. The number of aromatic nitrogens is 2. The first-order valence-corrected chi connectivity index (χ1v) is 15.3. The summed E-state index contributed by atoms with van der Waals surface area (Å²) >= 11 is 0. The molecule has 1 aromatic carbocycles. The Hall–Kier alpha value is -4.11. The molecule has 5 rings (SSSR count). The zero-order valence-corrected chi connectivity index (χ0v) is 26.6. The number of nitrogens with zero attached hydrogens (tertiary/aromatic N) is 6. The van der Waals surface area contributed by atoms with Crippen molar-refractivity contribution in [3.05, 3.63) is 36.5 Å². The van der Waals surface area contributed by atoms with Gasteiger partial charge >= 0.3 is 12.2 Å². The van der Waals surface area contributed by atoms with Crippen molar-refractivity contribution in [2.75, 3.05) is 67.9 Å². The third-order valence-corrected chi connectivity index (χ3v) is 8.90. The zero-order chi connectivity index (χ0) is 33.2. The van der Waals surface area contributed by atoms with Crippen molar-refractivity contribution in [1.29, 1.82) is 0 Å². The second-order valence-corrected chi connectivity index (χ2v) is 12.0. The van der Waals surface area contributed by atoms with Crippen molar-refractivity contribution < 1.29 is 32.2 Å². The molecule has 3 aliphatic heterocycles.